The lowest BCUT2D eigenvalue weighted by molar-refractivity contribution is -0.114. The molecule has 5 nitrogen and oxygen atoms in total. The van der Waals surface area contributed by atoms with Crippen molar-refractivity contribution < 1.29 is 13.8 Å². The predicted octanol–water partition coefficient (Wildman–Crippen LogP) is 1.95. The molecule has 0 aliphatic heterocycles. The third kappa shape index (κ3) is 3.87. The number of amides is 1. The predicted molar refractivity (Wildman–Crippen MR) is 85.2 cm³/mol. The van der Waals surface area contributed by atoms with Crippen LogP contribution in [0.3, 0.4) is 0 Å². The van der Waals surface area contributed by atoms with Crippen molar-refractivity contribution in [3.8, 4) is 0 Å². The van der Waals surface area contributed by atoms with Crippen LogP contribution in [-0.4, -0.2) is 22.4 Å². The first-order valence-electron chi connectivity index (χ1n) is 6.64. The van der Waals surface area contributed by atoms with Crippen molar-refractivity contribution in [2.24, 2.45) is 5.73 Å². The molecular weight excluding hydrogens is 300 g/mol. The van der Waals surface area contributed by atoms with E-state index in [9.17, 15) is 13.8 Å². The van der Waals surface area contributed by atoms with Gasteiger partial charge in [-0.2, -0.15) is 0 Å². The summed E-state index contributed by atoms with van der Waals surface area (Å²) in [5, 5.41) is 2.62. The van der Waals surface area contributed by atoms with Crippen molar-refractivity contribution in [2.75, 3.05) is 11.9 Å². The number of nitrogens with two attached hydrogens (primary N) is 1. The minimum atomic E-state index is -1.34. The molecule has 0 fully saturated rings. The molecule has 0 bridgehead atoms. The Hall–Kier alpha value is -2.31. The first kappa shape index (κ1) is 16.1. The Balaban J connectivity index is 2.15. The summed E-state index contributed by atoms with van der Waals surface area (Å²) < 4.78 is 12.4. The summed E-state index contributed by atoms with van der Waals surface area (Å²) in [6, 6.07) is 13.4. The molecule has 3 N–H and O–H groups in total. The zero-order chi connectivity index (χ0) is 16.1. The lowest BCUT2D eigenvalue weighted by Crippen LogP contribution is -2.21. The van der Waals surface area contributed by atoms with Crippen LogP contribution in [0.25, 0.3) is 0 Å². The second-order valence-electron chi connectivity index (χ2n) is 4.63. The average Bonchev–Trinajstić information content (AvgIpc) is 2.55. The molecule has 2 aromatic carbocycles. The lowest BCUT2D eigenvalue weighted by atomic mass is 10.2. The van der Waals surface area contributed by atoms with E-state index >= 15 is 0 Å². The Kier molecular flexibility index (Phi) is 5.19. The maximum atomic E-state index is 12.4. The molecule has 0 aliphatic carbocycles. The van der Waals surface area contributed by atoms with Crippen LogP contribution in [0.1, 0.15) is 17.3 Å². The van der Waals surface area contributed by atoms with Crippen LogP contribution in [-0.2, 0) is 15.6 Å². The molecule has 0 saturated carbocycles. The number of carbonyl (C=O) groups is 2. The molecule has 0 heterocycles. The molecule has 114 valence electrons. The standard InChI is InChI=1S/C16H16N2O3S/c1-11(19)12-2-6-14(7-3-12)22(21)15-8-4-13(5-9-15)18-16(20)10-17/h2-9H,10,17H2,1H3,(H,18,20). The Bertz CT molecular complexity index is 709. The molecule has 0 aromatic heterocycles. The van der Waals surface area contributed by atoms with Crippen LogP contribution in [0.4, 0.5) is 5.69 Å². The minimum absolute atomic E-state index is 0.0302. The third-order valence-corrected chi connectivity index (χ3v) is 4.41. The van der Waals surface area contributed by atoms with Gasteiger partial charge in [-0.05, 0) is 43.3 Å². The highest BCUT2D eigenvalue weighted by Crippen LogP contribution is 2.19. The third-order valence-electron chi connectivity index (χ3n) is 3.01. The van der Waals surface area contributed by atoms with Crippen molar-refractivity contribution in [3.63, 3.8) is 0 Å². The quantitative estimate of drug-likeness (QED) is 0.825. The minimum Gasteiger partial charge on any atom is -0.325 e. The lowest BCUT2D eigenvalue weighted by Gasteiger charge is -2.06. The van der Waals surface area contributed by atoms with E-state index in [1.165, 1.54) is 6.92 Å². The van der Waals surface area contributed by atoms with Gasteiger partial charge in [-0.1, -0.05) is 12.1 Å². The molecule has 0 saturated heterocycles. The molecule has 0 radical (unpaired) electrons. The Morgan fingerprint density at radius 1 is 1.00 bits per heavy atom. The van der Waals surface area contributed by atoms with E-state index in [1.54, 1.807) is 48.5 Å². The second kappa shape index (κ2) is 7.11. The molecule has 1 amide bonds. The van der Waals surface area contributed by atoms with Gasteiger partial charge in [0.1, 0.15) is 0 Å². The van der Waals surface area contributed by atoms with Gasteiger partial charge in [-0.3, -0.25) is 9.59 Å². The van der Waals surface area contributed by atoms with Crippen molar-refractivity contribution in [1.82, 2.24) is 0 Å². The fraction of sp³-hybridized carbons (Fsp3) is 0.125. The Labute approximate surface area is 131 Å². The van der Waals surface area contributed by atoms with Gasteiger partial charge in [0.05, 0.1) is 17.3 Å². The van der Waals surface area contributed by atoms with E-state index in [4.69, 9.17) is 5.73 Å². The highest BCUT2D eigenvalue weighted by atomic mass is 32.2. The number of nitrogens with one attached hydrogen (secondary N) is 1. The molecule has 6 heteroatoms. The van der Waals surface area contributed by atoms with E-state index < -0.39 is 10.8 Å². The summed E-state index contributed by atoms with van der Waals surface area (Å²) in [5.41, 5.74) is 6.41. The summed E-state index contributed by atoms with van der Waals surface area (Å²) in [7, 11) is -1.34. The maximum absolute atomic E-state index is 12.4. The largest absolute Gasteiger partial charge is 0.325 e. The van der Waals surface area contributed by atoms with Crippen molar-refractivity contribution in [2.45, 2.75) is 16.7 Å². The van der Waals surface area contributed by atoms with E-state index in [-0.39, 0.29) is 18.2 Å². The van der Waals surface area contributed by atoms with Crippen LogP contribution in [0.15, 0.2) is 58.3 Å². The first-order valence-corrected chi connectivity index (χ1v) is 7.79. The fourth-order valence-corrected chi connectivity index (χ4v) is 2.86. The molecular formula is C16H16N2O3S. The van der Waals surface area contributed by atoms with Gasteiger partial charge in [-0.25, -0.2) is 4.21 Å². The summed E-state index contributed by atoms with van der Waals surface area (Å²) in [6.07, 6.45) is 0. The van der Waals surface area contributed by atoms with E-state index in [0.29, 0.717) is 21.0 Å². The highest BCUT2D eigenvalue weighted by Gasteiger charge is 2.08. The number of hydrogen-bond acceptors (Lipinski definition) is 4. The highest BCUT2D eigenvalue weighted by molar-refractivity contribution is 7.85. The van der Waals surface area contributed by atoms with Crippen molar-refractivity contribution >= 4 is 28.2 Å². The van der Waals surface area contributed by atoms with Crippen LogP contribution in [0, 0.1) is 0 Å². The van der Waals surface area contributed by atoms with Gasteiger partial charge in [0.25, 0.3) is 0 Å². The molecule has 22 heavy (non-hydrogen) atoms. The molecule has 2 rings (SSSR count). The Morgan fingerprint density at radius 3 is 1.95 bits per heavy atom. The number of Topliss-reactive ketones (excluding diaryl/α,β-unsaturated/α-hetero) is 1. The van der Waals surface area contributed by atoms with Crippen molar-refractivity contribution in [1.29, 1.82) is 0 Å². The fourth-order valence-electron chi connectivity index (χ4n) is 1.82. The van der Waals surface area contributed by atoms with Crippen LogP contribution in [0.5, 0.6) is 0 Å². The van der Waals surface area contributed by atoms with Crippen molar-refractivity contribution in [3.05, 3.63) is 54.1 Å². The average molecular weight is 316 g/mol. The molecule has 1 atom stereocenters. The van der Waals surface area contributed by atoms with Crippen LogP contribution >= 0.6 is 0 Å². The molecule has 1 unspecified atom stereocenters. The smallest absolute Gasteiger partial charge is 0.238 e. The summed E-state index contributed by atoms with van der Waals surface area (Å²) in [4.78, 5) is 23.6. The van der Waals surface area contributed by atoms with Gasteiger partial charge in [0.2, 0.25) is 5.91 Å². The van der Waals surface area contributed by atoms with E-state index in [0.717, 1.165) is 0 Å². The normalized spacial score (nSPS) is 11.7. The topological polar surface area (TPSA) is 89.3 Å². The van der Waals surface area contributed by atoms with E-state index in [2.05, 4.69) is 5.32 Å². The maximum Gasteiger partial charge on any atom is 0.238 e. The number of hydrogen-bond donors (Lipinski definition) is 2. The van der Waals surface area contributed by atoms with Gasteiger partial charge in [0, 0.05) is 21.0 Å². The number of rotatable bonds is 5. The van der Waals surface area contributed by atoms with Gasteiger partial charge < -0.3 is 11.1 Å². The second-order valence-corrected chi connectivity index (χ2v) is 6.11. The molecule has 2 aromatic rings. The summed E-state index contributed by atoms with van der Waals surface area (Å²) in [5.74, 6) is -0.314. The summed E-state index contributed by atoms with van der Waals surface area (Å²) >= 11 is 0. The number of carbonyl (C=O) groups excluding carboxylic acids is 2. The van der Waals surface area contributed by atoms with Crippen LogP contribution < -0.4 is 11.1 Å². The molecule has 0 aliphatic rings. The SMILES string of the molecule is CC(=O)c1ccc(S(=O)c2ccc(NC(=O)CN)cc2)cc1. The van der Waals surface area contributed by atoms with Gasteiger partial charge in [0.15, 0.2) is 5.78 Å². The van der Waals surface area contributed by atoms with Gasteiger partial charge >= 0.3 is 0 Å². The van der Waals surface area contributed by atoms with Gasteiger partial charge in [-0.15, -0.1) is 0 Å². The first-order chi connectivity index (χ1) is 10.5. The van der Waals surface area contributed by atoms with Crippen LogP contribution in [0.2, 0.25) is 0 Å². The summed E-state index contributed by atoms with van der Waals surface area (Å²) in [6.45, 7) is 1.40. The molecule has 0 spiro atoms. The van der Waals surface area contributed by atoms with E-state index in [1.807, 2.05) is 0 Å². The Morgan fingerprint density at radius 2 is 1.50 bits per heavy atom. The zero-order valence-corrected chi connectivity index (χ0v) is 12.9. The zero-order valence-electron chi connectivity index (χ0n) is 12.0. The number of ketones is 1. The number of benzene rings is 2. The number of anilines is 1. The monoisotopic (exact) mass is 316 g/mol.